The minimum atomic E-state index is 0.0506. The fraction of sp³-hybridized carbons (Fsp3) is 0.636. The molecule has 0 atom stereocenters. The number of hydrogen-bond acceptors (Lipinski definition) is 3. The Morgan fingerprint density at radius 1 is 1.40 bits per heavy atom. The Morgan fingerprint density at radius 3 is 2.33 bits per heavy atom. The number of anilines is 1. The van der Waals surface area contributed by atoms with E-state index in [4.69, 9.17) is 0 Å². The van der Waals surface area contributed by atoms with Crippen LogP contribution < -0.4 is 4.90 Å². The predicted octanol–water partition coefficient (Wildman–Crippen LogP) is 3.03. The molecule has 0 saturated heterocycles. The normalized spacial score (nSPS) is 11.1. The van der Waals surface area contributed by atoms with Gasteiger partial charge in [-0.2, -0.15) is 0 Å². The molecule has 0 fully saturated rings. The van der Waals surface area contributed by atoms with Crippen LogP contribution in [-0.4, -0.2) is 16.9 Å². The molecule has 15 heavy (non-hydrogen) atoms. The number of nitrogens with zero attached hydrogens (tertiary/aromatic N) is 2. The van der Waals surface area contributed by atoms with Gasteiger partial charge in [0, 0.05) is 24.0 Å². The summed E-state index contributed by atoms with van der Waals surface area (Å²) in [5.74, 6) is 0.520. The summed E-state index contributed by atoms with van der Waals surface area (Å²) in [7, 11) is 0. The van der Waals surface area contributed by atoms with Gasteiger partial charge >= 0.3 is 0 Å². The van der Waals surface area contributed by atoms with Crippen molar-refractivity contribution in [2.75, 3.05) is 4.90 Å². The van der Waals surface area contributed by atoms with E-state index in [9.17, 15) is 4.79 Å². The van der Waals surface area contributed by atoms with E-state index in [-0.39, 0.29) is 11.9 Å². The number of aromatic nitrogens is 1. The van der Waals surface area contributed by atoms with Crippen LogP contribution in [0.2, 0.25) is 0 Å². The highest BCUT2D eigenvalue weighted by atomic mass is 32.1. The third kappa shape index (κ3) is 2.78. The summed E-state index contributed by atoms with van der Waals surface area (Å²) in [6.45, 7) is 9.84. The predicted molar refractivity (Wildman–Crippen MR) is 64.5 cm³/mol. The SMILES string of the molecule is CC(=O)N(c1ncc(C(C)C)s1)C(C)C. The maximum Gasteiger partial charge on any atom is 0.225 e. The van der Waals surface area contributed by atoms with Crippen molar-refractivity contribution in [2.24, 2.45) is 0 Å². The van der Waals surface area contributed by atoms with E-state index in [1.54, 1.807) is 23.2 Å². The highest BCUT2D eigenvalue weighted by Crippen LogP contribution is 2.29. The molecule has 0 aliphatic rings. The Balaban J connectivity index is 2.97. The van der Waals surface area contributed by atoms with Gasteiger partial charge in [-0.15, -0.1) is 11.3 Å². The molecule has 0 radical (unpaired) electrons. The summed E-state index contributed by atoms with van der Waals surface area (Å²) in [5, 5.41) is 0.807. The topological polar surface area (TPSA) is 33.2 Å². The first-order valence-corrected chi connectivity index (χ1v) is 6.00. The minimum absolute atomic E-state index is 0.0506. The van der Waals surface area contributed by atoms with Crippen LogP contribution in [0.15, 0.2) is 6.20 Å². The Kier molecular flexibility index (Phi) is 3.85. The second-order valence-electron chi connectivity index (χ2n) is 4.18. The van der Waals surface area contributed by atoms with Gasteiger partial charge in [0.25, 0.3) is 0 Å². The van der Waals surface area contributed by atoms with Gasteiger partial charge in [-0.1, -0.05) is 13.8 Å². The van der Waals surface area contributed by atoms with Crippen molar-refractivity contribution in [3.63, 3.8) is 0 Å². The molecule has 0 spiro atoms. The van der Waals surface area contributed by atoms with Gasteiger partial charge in [-0.3, -0.25) is 9.69 Å². The molecule has 1 rings (SSSR count). The van der Waals surface area contributed by atoms with E-state index in [0.29, 0.717) is 5.92 Å². The molecular formula is C11H18N2OS. The first-order valence-electron chi connectivity index (χ1n) is 5.19. The van der Waals surface area contributed by atoms with Crippen LogP contribution in [-0.2, 0) is 4.79 Å². The van der Waals surface area contributed by atoms with Crippen molar-refractivity contribution < 1.29 is 4.79 Å². The maximum absolute atomic E-state index is 11.5. The molecule has 0 N–H and O–H groups in total. The van der Waals surface area contributed by atoms with Gasteiger partial charge in [0.05, 0.1) is 0 Å². The molecule has 4 heteroatoms. The lowest BCUT2D eigenvalue weighted by Gasteiger charge is -2.21. The third-order valence-electron chi connectivity index (χ3n) is 2.14. The monoisotopic (exact) mass is 226 g/mol. The van der Waals surface area contributed by atoms with E-state index in [1.807, 2.05) is 20.0 Å². The van der Waals surface area contributed by atoms with E-state index >= 15 is 0 Å². The molecule has 0 bridgehead atoms. The maximum atomic E-state index is 11.5. The highest BCUT2D eigenvalue weighted by Gasteiger charge is 2.19. The number of thiazole rings is 1. The van der Waals surface area contributed by atoms with Gasteiger partial charge in [0.15, 0.2) is 5.13 Å². The van der Waals surface area contributed by atoms with Crippen molar-refractivity contribution in [3.05, 3.63) is 11.1 Å². The van der Waals surface area contributed by atoms with Gasteiger partial charge in [-0.25, -0.2) is 4.98 Å². The van der Waals surface area contributed by atoms with Gasteiger partial charge in [0.2, 0.25) is 5.91 Å². The molecule has 0 aromatic carbocycles. The summed E-state index contributed by atoms with van der Waals surface area (Å²) < 4.78 is 0. The quantitative estimate of drug-likeness (QED) is 0.793. The van der Waals surface area contributed by atoms with Crippen LogP contribution in [0.5, 0.6) is 0 Å². The summed E-state index contributed by atoms with van der Waals surface area (Å²) >= 11 is 1.60. The van der Waals surface area contributed by atoms with Crippen molar-refractivity contribution in [2.45, 2.75) is 46.6 Å². The summed E-state index contributed by atoms with van der Waals surface area (Å²) in [4.78, 5) is 18.7. The molecule has 3 nitrogen and oxygen atoms in total. The lowest BCUT2D eigenvalue weighted by Crippen LogP contribution is -2.34. The van der Waals surface area contributed by atoms with Crippen LogP contribution in [0.1, 0.15) is 45.4 Å². The fourth-order valence-corrected chi connectivity index (χ4v) is 2.47. The van der Waals surface area contributed by atoms with Gasteiger partial charge in [-0.05, 0) is 19.8 Å². The van der Waals surface area contributed by atoms with Crippen molar-refractivity contribution in [1.82, 2.24) is 4.98 Å². The average Bonchev–Trinajstić information content (AvgIpc) is 2.51. The number of amides is 1. The average molecular weight is 226 g/mol. The lowest BCUT2D eigenvalue weighted by molar-refractivity contribution is -0.116. The Bertz CT molecular complexity index is 344. The van der Waals surface area contributed by atoms with E-state index < -0.39 is 0 Å². The standard InChI is InChI=1S/C11H18N2OS/c1-7(2)10-6-12-11(15-10)13(8(3)4)9(5)14/h6-8H,1-5H3. The van der Waals surface area contributed by atoms with E-state index in [0.717, 1.165) is 5.13 Å². The zero-order chi connectivity index (χ0) is 11.6. The highest BCUT2D eigenvalue weighted by molar-refractivity contribution is 7.15. The first-order chi connectivity index (χ1) is 6.93. The zero-order valence-corrected chi connectivity index (χ0v) is 10.8. The molecule has 0 aliphatic carbocycles. The molecule has 1 heterocycles. The van der Waals surface area contributed by atoms with Crippen LogP contribution >= 0.6 is 11.3 Å². The van der Waals surface area contributed by atoms with Crippen molar-refractivity contribution in [3.8, 4) is 0 Å². The second kappa shape index (κ2) is 4.75. The molecule has 0 unspecified atom stereocenters. The molecule has 84 valence electrons. The third-order valence-corrected chi connectivity index (χ3v) is 3.44. The van der Waals surface area contributed by atoms with E-state index in [2.05, 4.69) is 18.8 Å². The molecule has 1 aromatic heterocycles. The van der Waals surface area contributed by atoms with Gasteiger partial charge in [0.1, 0.15) is 0 Å². The Labute approximate surface area is 95.1 Å². The minimum Gasteiger partial charge on any atom is -0.286 e. The number of carbonyl (C=O) groups excluding carboxylic acids is 1. The number of rotatable bonds is 3. The summed E-state index contributed by atoms with van der Waals surface area (Å²) in [6, 6.07) is 0.161. The molecular weight excluding hydrogens is 208 g/mol. The van der Waals surface area contributed by atoms with E-state index in [1.165, 1.54) is 4.88 Å². The summed E-state index contributed by atoms with van der Waals surface area (Å²) in [6.07, 6.45) is 1.86. The van der Waals surface area contributed by atoms with Crippen LogP contribution in [0.4, 0.5) is 5.13 Å². The van der Waals surface area contributed by atoms with Crippen LogP contribution in [0, 0.1) is 0 Å². The largest absolute Gasteiger partial charge is 0.286 e. The second-order valence-corrected chi connectivity index (χ2v) is 5.22. The smallest absolute Gasteiger partial charge is 0.225 e. The lowest BCUT2D eigenvalue weighted by atomic mass is 10.2. The van der Waals surface area contributed by atoms with Crippen LogP contribution in [0.25, 0.3) is 0 Å². The van der Waals surface area contributed by atoms with Crippen molar-refractivity contribution in [1.29, 1.82) is 0 Å². The fourth-order valence-electron chi connectivity index (χ4n) is 1.37. The number of hydrogen-bond donors (Lipinski definition) is 0. The molecule has 1 amide bonds. The Hall–Kier alpha value is -0.900. The number of carbonyl (C=O) groups is 1. The summed E-state index contributed by atoms with van der Waals surface area (Å²) in [5.41, 5.74) is 0. The molecule has 0 aliphatic heterocycles. The zero-order valence-electron chi connectivity index (χ0n) is 9.94. The van der Waals surface area contributed by atoms with Crippen LogP contribution in [0.3, 0.4) is 0 Å². The van der Waals surface area contributed by atoms with Crippen molar-refractivity contribution >= 4 is 22.4 Å². The van der Waals surface area contributed by atoms with Gasteiger partial charge < -0.3 is 0 Å². The molecule has 0 saturated carbocycles. The first kappa shape index (κ1) is 12.2. The molecule has 1 aromatic rings. The Morgan fingerprint density at radius 2 is 2.00 bits per heavy atom.